The standard InChI is InChI=1S/C23H23FN6OS/c1-13-21(32-14(2)26-13)15-9-16-17(18(24)10-15)11-30(22(16)31)20-4-3-19(27-28-20)29-8-7-25-23(12-29)5-6-23/h3-4,9-10,25H,5-8,11-12H2,1-2H3. The highest BCUT2D eigenvalue weighted by Crippen LogP contribution is 2.39. The Balaban J connectivity index is 1.27. The van der Waals surface area contributed by atoms with Crippen LogP contribution in [0.3, 0.4) is 0 Å². The van der Waals surface area contributed by atoms with Crippen molar-refractivity contribution < 1.29 is 9.18 Å². The number of amides is 1. The van der Waals surface area contributed by atoms with Gasteiger partial charge in [-0.15, -0.1) is 21.5 Å². The second-order valence-corrected chi connectivity index (χ2v) is 10.1. The SMILES string of the molecule is Cc1nc(C)c(-c2cc(F)c3c(c2)C(=O)N(c2ccc(N4CCNC5(CC5)C4)nn2)C3)s1. The van der Waals surface area contributed by atoms with E-state index in [0.717, 1.165) is 41.0 Å². The maximum atomic E-state index is 15.0. The molecule has 4 heterocycles. The zero-order valence-electron chi connectivity index (χ0n) is 18.0. The van der Waals surface area contributed by atoms with Crippen molar-refractivity contribution >= 4 is 28.9 Å². The molecule has 1 saturated heterocycles. The van der Waals surface area contributed by atoms with Crippen molar-refractivity contribution in [2.75, 3.05) is 29.4 Å². The lowest BCUT2D eigenvalue weighted by Gasteiger charge is -2.34. The van der Waals surface area contributed by atoms with E-state index in [9.17, 15) is 9.18 Å². The molecule has 3 aliphatic rings. The Kier molecular flexibility index (Phi) is 4.35. The summed E-state index contributed by atoms with van der Waals surface area (Å²) in [4.78, 5) is 22.2. The number of halogens is 1. The number of aromatic nitrogens is 3. The molecule has 3 aromatic rings. The molecule has 1 spiro atoms. The molecule has 1 aromatic carbocycles. The molecule has 2 aromatic heterocycles. The number of piperazine rings is 1. The quantitative estimate of drug-likeness (QED) is 0.659. The molecular formula is C23H23FN6OS. The number of fused-ring (bicyclic) bond motifs is 1. The number of hydrogen-bond acceptors (Lipinski definition) is 7. The van der Waals surface area contributed by atoms with E-state index < -0.39 is 0 Å². The third-order valence-corrected chi connectivity index (χ3v) is 7.74. The number of carbonyl (C=O) groups is 1. The third-order valence-electron chi connectivity index (χ3n) is 6.62. The number of aryl methyl sites for hydroxylation is 2. The monoisotopic (exact) mass is 450 g/mol. The third kappa shape index (κ3) is 3.18. The fraction of sp³-hybridized carbons (Fsp3) is 0.391. The first-order valence-electron chi connectivity index (χ1n) is 10.8. The van der Waals surface area contributed by atoms with Crippen molar-refractivity contribution in [3.8, 4) is 10.4 Å². The highest BCUT2D eigenvalue weighted by molar-refractivity contribution is 7.15. The average molecular weight is 451 g/mol. The van der Waals surface area contributed by atoms with Crippen molar-refractivity contribution in [2.45, 2.75) is 38.8 Å². The smallest absolute Gasteiger partial charge is 0.260 e. The van der Waals surface area contributed by atoms with Gasteiger partial charge < -0.3 is 10.2 Å². The molecule has 1 saturated carbocycles. The molecule has 0 bridgehead atoms. The van der Waals surface area contributed by atoms with Crippen LogP contribution in [0.5, 0.6) is 0 Å². The molecule has 2 fully saturated rings. The number of carbonyl (C=O) groups excluding carboxylic acids is 1. The zero-order valence-corrected chi connectivity index (χ0v) is 18.8. The molecule has 6 rings (SSSR count). The molecule has 0 radical (unpaired) electrons. The number of nitrogens with zero attached hydrogens (tertiary/aromatic N) is 5. The Morgan fingerprint density at radius 1 is 1.16 bits per heavy atom. The van der Waals surface area contributed by atoms with Gasteiger partial charge in [0.25, 0.3) is 5.91 Å². The summed E-state index contributed by atoms with van der Waals surface area (Å²) in [6, 6.07) is 7.00. The Morgan fingerprint density at radius 3 is 2.62 bits per heavy atom. The summed E-state index contributed by atoms with van der Waals surface area (Å²) in [5.41, 5.74) is 2.57. The van der Waals surface area contributed by atoms with Gasteiger partial charge >= 0.3 is 0 Å². The van der Waals surface area contributed by atoms with E-state index in [2.05, 4.69) is 25.4 Å². The topological polar surface area (TPSA) is 74.2 Å². The lowest BCUT2D eigenvalue weighted by atomic mass is 10.0. The number of anilines is 2. The Labute approximate surface area is 189 Å². The molecule has 32 heavy (non-hydrogen) atoms. The van der Waals surface area contributed by atoms with Crippen LogP contribution < -0.4 is 15.1 Å². The second-order valence-electron chi connectivity index (χ2n) is 8.90. The summed E-state index contributed by atoms with van der Waals surface area (Å²) >= 11 is 1.51. The molecule has 9 heteroatoms. The fourth-order valence-electron chi connectivity index (χ4n) is 4.75. The van der Waals surface area contributed by atoms with E-state index in [0.29, 0.717) is 22.5 Å². The van der Waals surface area contributed by atoms with E-state index >= 15 is 0 Å². The van der Waals surface area contributed by atoms with Crippen LogP contribution in [0, 0.1) is 19.7 Å². The summed E-state index contributed by atoms with van der Waals surface area (Å²) in [5.74, 6) is 0.631. The number of nitrogens with one attached hydrogen (secondary N) is 1. The van der Waals surface area contributed by atoms with Gasteiger partial charge in [-0.2, -0.15) is 0 Å². The lowest BCUT2D eigenvalue weighted by molar-refractivity contribution is 0.0995. The van der Waals surface area contributed by atoms with Gasteiger partial charge in [0.2, 0.25) is 0 Å². The van der Waals surface area contributed by atoms with Gasteiger partial charge in [0.05, 0.1) is 22.1 Å². The Bertz CT molecular complexity index is 1240. The van der Waals surface area contributed by atoms with Crippen molar-refractivity contribution in [1.29, 1.82) is 0 Å². The molecule has 1 N–H and O–H groups in total. The van der Waals surface area contributed by atoms with Crippen LogP contribution in [0.15, 0.2) is 24.3 Å². The van der Waals surface area contributed by atoms with E-state index in [-0.39, 0.29) is 23.8 Å². The Morgan fingerprint density at radius 2 is 1.94 bits per heavy atom. The minimum absolute atomic E-state index is 0.158. The Hall–Kier alpha value is -2.91. The minimum atomic E-state index is -0.376. The van der Waals surface area contributed by atoms with Crippen molar-refractivity contribution in [1.82, 2.24) is 20.5 Å². The van der Waals surface area contributed by atoms with E-state index in [4.69, 9.17) is 0 Å². The summed E-state index contributed by atoms with van der Waals surface area (Å²) in [6.07, 6.45) is 2.40. The first kappa shape index (κ1) is 19.8. The molecule has 2 aliphatic heterocycles. The maximum absolute atomic E-state index is 15.0. The average Bonchev–Trinajstić information content (AvgIpc) is 3.30. The molecule has 7 nitrogen and oxygen atoms in total. The van der Waals surface area contributed by atoms with Crippen molar-refractivity contribution in [3.05, 3.63) is 51.9 Å². The molecular weight excluding hydrogens is 427 g/mol. The molecule has 0 unspecified atom stereocenters. The zero-order chi connectivity index (χ0) is 22.0. The summed E-state index contributed by atoms with van der Waals surface area (Å²) in [6.45, 7) is 6.73. The first-order valence-corrected chi connectivity index (χ1v) is 11.7. The summed E-state index contributed by atoms with van der Waals surface area (Å²) in [5, 5.41) is 13.2. The number of benzene rings is 1. The predicted octanol–water partition coefficient (Wildman–Crippen LogP) is 3.46. The van der Waals surface area contributed by atoms with E-state index in [1.807, 2.05) is 26.0 Å². The second kappa shape index (κ2) is 7.05. The van der Waals surface area contributed by atoms with Gasteiger partial charge in [-0.1, -0.05) is 0 Å². The molecule has 0 atom stereocenters. The van der Waals surface area contributed by atoms with Crippen LogP contribution in [0.1, 0.15) is 39.5 Å². The highest BCUT2D eigenvalue weighted by atomic mass is 32.1. The van der Waals surface area contributed by atoms with Gasteiger partial charge in [-0.25, -0.2) is 9.37 Å². The highest BCUT2D eigenvalue weighted by Gasteiger charge is 2.45. The van der Waals surface area contributed by atoms with Gasteiger partial charge in [-0.3, -0.25) is 9.69 Å². The number of hydrogen-bond donors (Lipinski definition) is 1. The molecule has 164 valence electrons. The van der Waals surface area contributed by atoms with Crippen LogP contribution in [0.2, 0.25) is 0 Å². The minimum Gasteiger partial charge on any atom is -0.352 e. The first-order chi connectivity index (χ1) is 15.4. The largest absolute Gasteiger partial charge is 0.352 e. The molecule has 1 aliphatic carbocycles. The number of rotatable bonds is 3. The fourth-order valence-corrected chi connectivity index (χ4v) is 5.65. The van der Waals surface area contributed by atoms with E-state index in [1.54, 1.807) is 6.07 Å². The van der Waals surface area contributed by atoms with Crippen LogP contribution in [0.4, 0.5) is 16.0 Å². The van der Waals surface area contributed by atoms with Gasteiger partial charge in [-0.05, 0) is 56.5 Å². The van der Waals surface area contributed by atoms with Crippen LogP contribution in [-0.2, 0) is 6.54 Å². The van der Waals surface area contributed by atoms with Gasteiger partial charge in [0.15, 0.2) is 11.6 Å². The summed E-state index contributed by atoms with van der Waals surface area (Å²) in [7, 11) is 0. The van der Waals surface area contributed by atoms with Crippen LogP contribution in [0.25, 0.3) is 10.4 Å². The van der Waals surface area contributed by atoms with E-state index in [1.165, 1.54) is 35.1 Å². The lowest BCUT2D eigenvalue weighted by Crippen LogP contribution is -2.52. The van der Waals surface area contributed by atoms with Gasteiger partial charge in [0.1, 0.15) is 5.82 Å². The summed E-state index contributed by atoms with van der Waals surface area (Å²) < 4.78 is 15.0. The van der Waals surface area contributed by atoms with Crippen LogP contribution in [-0.4, -0.2) is 46.3 Å². The predicted molar refractivity (Wildman–Crippen MR) is 122 cm³/mol. The normalized spacial score (nSPS) is 19.0. The van der Waals surface area contributed by atoms with Crippen molar-refractivity contribution in [3.63, 3.8) is 0 Å². The van der Waals surface area contributed by atoms with Crippen molar-refractivity contribution in [2.24, 2.45) is 0 Å². The molecule has 1 amide bonds. The maximum Gasteiger partial charge on any atom is 0.260 e. The van der Waals surface area contributed by atoms with Crippen LogP contribution >= 0.6 is 11.3 Å². The van der Waals surface area contributed by atoms with Gasteiger partial charge in [0, 0.05) is 36.3 Å². The number of thiazole rings is 1.